The monoisotopic (exact) mass is 287 g/mol. The van der Waals surface area contributed by atoms with Crippen LogP contribution in [0, 0.1) is 13.8 Å². The van der Waals surface area contributed by atoms with Crippen LogP contribution in [0.3, 0.4) is 0 Å². The molecule has 0 radical (unpaired) electrons. The van der Waals surface area contributed by atoms with Gasteiger partial charge in [-0.05, 0) is 43.2 Å². The minimum absolute atomic E-state index is 0.0632. The van der Waals surface area contributed by atoms with Crippen molar-refractivity contribution >= 4 is 35.0 Å². The van der Waals surface area contributed by atoms with Gasteiger partial charge in [-0.1, -0.05) is 17.7 Å². The quantitative estimate of drug-likeness (QED) is 0.791. The molecule has 1 rings (SSSR count). The summed E-state index contributed by atoms with van der Waals surface area (Å²) in [6.45, 7) is 4.06. The Labute approximate surface area is 117 Å². The number of hydrogen-bond donors (Lipinski definition) is 2. The van der Waals surface area contributed by atoms with Gasteiger partial charge in [0.15, 0.2) is 0 Å². The lowest BCUT2D eigenvalue weighted by molar-refractivity contribution is -0.113. The summed E-state index contributed by atoms with van der Waals surface area (Å²) < 4.78 is 0. The van der Waals surface area contributed by atoms with Crippen LogP contribution in [0.15, 0.2) is 12.1 Å². The number of benzene rings is 1. The molecule has 0 spiro atoms. The van der Waals surface area contributed by atoms with E-state index in [0.717, 1.165) is 16.9 Å². The normalized spacial score (nSPS) is 10.4. The van der Waals surface area contributed by atoms with Crippen molar-refractivity contribution in [1.29, 1.82) is 0 Å². The zero-order valence-electron chi connectivity index (χ0n) is 10.6. The maximum Gasteiger partial charge on any atom is 0.234 e. The Morgan fingerprint density at radius 1 is 1.44 bits per heavy atom. The molecule has 1 amide bonds. The summed E-state index contributed by atoms with van der Waals surface area (Å²) in [7, 11) is 0. The number of aliphatic hydroxyl groups is 1. The molecular weight excluding hydrogens is 270 g/mol. The van der Waals surface area contributed by atoms with Crippen LogP contribution >= 0.6 is 23.4 Å². The molecule has 0 atom stereocenters. The first kappa shape index (κ1) is 15.3. The third-order valence-corrected chi connectivity index (χ3v) is 3.72. The smallest absolute Gasteiger partial charge is 0.234 e. The van der Waals surface area contributed by atoms with Crippen molar-refractivity contribution in [3.63, 3.8) is 0 Å². The number of nitrogens with one attached hydrogen (secondary N) is 1. The molecule has 2 N–H and O–H groups in total. The molecule has 18 heavy (non-hydrogen) atoms. The van der Waals surface area contributed by atoms with Crippen LogP contribution in [-0.2, 0) is 4.79 Å². The summed E-state index contributed by atoms with van der Waals surface area (Å²) in [5.41, 5.74) is 2.73. The largest absolute Gasteiger partial charge is 0.396 e. The fourth-order valence-electron chi connectivity index (χ4n) is 1.58. The second-order valence-corrected chi connectivity index (χ2v) is 5.63. The summed E-state index contributed by atoms with van der Waals surface area (Å²) in [6.07, 6.45) is 0.711. The lowest BCUT2D eigenvalue weighted by atomic mass is 10.1. The van der Waals surface area contributed by atoms with E-state index in [4.69, 9.17) is 16.7 Å². The Kier molecular flexibility index (Phi) is 6.54. The number of aliphatic hydroxyl groups excluding tert-OH is 1. The van der Waals surface area contributed by atoms with E-state index in [0.29, 0.717) is 22.9 Å². The van der Waals surface area contributed by atoms with E-state index in [9.17, 15) is 4.79 Å². The zero-order valence-corrected chi connectivity index (χ0v) is 12.2. The first-order valence-electron chi connectivity index (χ1n) is 5.79. The summed E-state index contributed by atoms with van der Waals surface area (Å²) in [5.74, 6) is 1.10. The number of halogens is 1. The molecule has 3 nitrogen and oxygen atoms in total. The van der Waals surface area contributed by atoms with Crippen LogP contribution < -0.4 is 5.32 Å². The van der Waals surface area contributed by atoms with Gasteiger partial charge < -0.3 is 10.4 Å². The number of aryl methyl sites for hydroxylation is 2. The van der Waals surface area contributed by atoms with E-state index < -0.39 is 0 Å². The third-order valence-electron chi connectivity index (χ3n) is 2.38. The Hall–Kier alpha value is -0.710. The molecule has 0 unspecified atom stereocenters. The van der Waals surface area contributed by atoms with Gasteiger partial charge in [0.05, 0.1) is 16.5 Å². The fraction of sp³-hybridized carbons (Fsp3) is 0.462. The van der Waals surface area contributed by atoms with Crippen LogP contribution in [0.2, 0.25) is 5.02 Å². The number of carbonyl (C=O) groups is 1. The molecule has 0 saturated carbocycles. The van der Waals surface area contributed by atoms with Gasteiger partial charge in [-0.25, -0.2) is 0 Å². The van der Waals surface area contributed by atoms with Gasteiger partial charge in [0.1, 0.15) is 0 Å². The van der Waals surface area contributed by atoms with Crippen molar-refractivity contribution in [3.05, 3.63) is 28.3 Å². The molecule has 0 aromatic heterocycles. The van der Waals surface area contributed by atoms with Crippen molar-refractivity contribution in [2.45, 2.75) is 20.3 Å². The number of amides is 1. The first-order chi connectivity index (χ1) is 8.54. The molecule has 1 aromatic rings. The van der Waals surface area contributed by atoms with Crippen molar-refractivity contribution in [2.75, 3.05) is 23.4 Å². The first-order valence-corrected chi connectivity index (χ1v) is 7.33. The lowest BCUT2D eigenvalue weighted by Gasteiger charge is -2.11. The highest BCUT2D eigenvalue weighted by atomic mass is 35.5. The highest BCUT2D eigenvalue weighted by Crippen LogP contribution is 2.27. The molecule has 0 heterocycles. The van der Waals surface area contributed by atoms with Crippen LogP contribution in [0.1, 0.15) is 17.5 Å². The average Bonchev–Trinajstić information content (AvgIpc) is 2.29. The molecule has 0 aliphatic carbocycles. The summed E-state index contributed by atoms with van der Waals surface area (Å²) >= 11 is 7.61. The van der Waals surface area contributed by atoms with E-state index in [1.54, 1.807) is 0 Å². The maximum atomic E-state index is 11.7. The standard InChI is InChI=1S/C13H18ClNO2S/c1-9-6-10(2)13(11(14)7-9)15-12(17)8-18-5-3-4-16/h6-7,16H,3-5,8H2,1-2H3,(H,15,17). The molecular formula is C13H18ClNO2S. The van der Waals surface area contributed by atoms with E-state index in [-0.39, 0.29) is 12.5 Å². The second-order valence-electron chi connectivity index (χ2n) is 4.12. The van der Waals surface area contributed by atoms with Gasteiger partial charge in [-0.3, -0.25) is 4.79 Å². The van der Waals surface area contributed by atoms with Crippen LogP contribution in [-0.4, -0.2) is 29.1 Å². The Balaban J connectivity index is 2.54. The van der Waals surface area contributed by atoms with Gasteiger partial charge in [0.2, 0.25) is 5.91 Å². The average molecular weight is 288 g/mol. The van der Waals surface area contributed by atoms with E-state index in [2.05, 4.69) is 5.32 Å². The molecule has 1 aromatic carbocycles. The van der Waals surface area contributed by atoms with E-state index in [1.807, 2.05) is 26.0 Å². The fourth-order valence-corrected chi connectivity index (χ4v) is 2.68. The van der Waals surface area contributed by atoms with Gasteiger partial charge in [0.25, 0.3) is 0 Å². The van der Waals surface area contributed by atoms with Gasteiger partial charge in [-0.2, -0.15) is 11.8 Å². The molecule has 0 aliphatic rings. The zero-order chi connectivity index (χ0) is 13.5. The van der Waals surface area contributed by atoms with Crippen molar-refractivity contribution < 1.29 is 9.90 Å². The van der Waals surface area contributed by atoms with Gasteiger partial charge in [-0.15, -0.1) is 0 Å². The topological polar surface area (TPSA) is 49.3 Å². The summed E-state index contributed by atoms with van der Waals surface area (Å²) in [4.78, 5) is 11.7. The predicted octanol–water partition coefficient (Wildman–Crippen LogP) is 3.01. The Bertz CT molecular complexity index is 400. The van der Waals surface area contributed by atoms with Crippen LogP contribution in [0.25, 0.3) is 0 Å². The minimum Gasteiger partial charge on any atom is -0.396 e. The van der Waals surface area contributed by atoms with Crippen LogP contribution in [0.5, 0.6) is 0 Å². The highest BCUT2D eigenvalue weighted by Gasteiger charge is 2.09. The number of carbonyl (C=O) groups excluding carboxylic acids is 1. The molecule has 0 fully saturated rings. The number of rotatable bonds is 6. The van der Waals surface area contributed by atoms with E-state index >= 15 is 0 Å². The lowest BCUT2D eigenvalue weighted by Crippen LogP contribution is -2.15. The molecule has 0 aliphatic heterocycles. The Morgan fingerprint density at radius 2 is 2.17 bits per heavy atom. The molecule has 100 valence electrons. The summed E-state index contributed by atoms with van der Waals surface area (Å²) in [5, 5.41) is 12.0. The number of hydrogen-bond acceptors (Lipinski definition) is 3. The second kappa shape index (κ2) is 7.67. The predicted molar refractivity (Wildman–Crippen MR) is 78.6 cm³/mol. The van der Waals surface area contributed by atoms with E-state index in [1.165, 1.54) is 11.8 Å². The van der Waals surface area contributed by atoms with Crippen molar-refractivity contribution in [1.82, 2.24) is 0 Å². The number of anilines is 1. The number of thioether (sulfide) groups is 1. The Morgan fingerprint density at radius 3 is 2.78 bits per heavy atom. The molecule has 0 bridgehead atoms. The van der Waals surface area contributed by atoms with Gasteiger partial charge in [0, 0.05) is 6.61 Å². The third kappa shape index (κ3) is 4.88. The van der Waals surface area contributed by atoms with Gasteiger partial charge >= 0.3 is 0 Å². The SMILES string of the molecule is Cc1cc(C)c(NC(=O)CSCCCO)c(Cl)c1. The summed E-state index contributed by atoms with van der Waals surface area (Å²) in [6, 6.07) is 3.82. The highest BCUT2D eigenvalue weighted by molar-refractivity contribution is 7.99. The van der Waals surface area contributed by atoms with Crippen LogP contribution in [0.4, 0.5) is 5.69 Å². The molecule has 0 saturated heterocycles. The maximum absolute atomic E-state index is 11.7. The van der Waals surface area contributed by atoms with Crippen molar-refractivity contribution in [3.8, 4) is 0 Å². The van der Waals surface area contributed by atoms with Crippen molar-refractivity contribution in [2.24, 2.45) is 0 Å². The molecule has 5 heteroatoms. The minimum atomic E-state index is -0.0632.